The summed E-state index contributed by atoms with van der Waals surface area (Å²) in [4.78, 5) is 27.7. The zero-order valence-corrected chi connectivity index (χ0v) is 15.7. The Balaban J connectivity index is 1.91. The molecule has 0 radical (unpaired) electrons. The fraction of sp³-hybridized carbons (Fsp3) is 0.143. The molecule has 142 valence electrons. The predicted octanol–water partition coefficient (Wildman–Crippen LogP) is 3.03. The quantitative estimate of drug-likeness (QED) is 0.593. The number of H-pyrrole nitrogens is 1. The van der Waals surface area contributed by atoms with Crippen LogP contribution >= 0.6 is 0 Å². The Morgan fingerprint density at radius 3 is 2.32 bits per heavy atom. The number of aromatic nitrogens is 3. The molecule has 1 aromatic carbocycles. The Bertz CT molecular complexity index is 1280. The third-order valence-electron chi connectivity index (χ3n) is 4.66. The average Bonchev–Trinajstić information content (AvgIpc) is 3.18. The number of nitrogens with zero attached hydrogens (tertiary/aromatic N) is 2. The minimum absolute atomic E-state index is 0.134. The van der Waals surface area contributed by atoms with Gasteiger partial charge in [-0.15, -0.1) is 0 Å². The molecular formula is C21H19N3O4. The van der Waals surface area contributed by atoms with Crippen LogP contribution in [-0.2, 0) is 14.1 Å². The molecule has 3 heterocycles. The summed E-state index contributed by atoms with van der Waals surface area (Å²) in [6, 6.07) is 10.5. The normalized spacial score (nSPS) is 11.0. The summed E-state index contributed by atoms with van der Waals surface area (Å²) in [5.74, 6) is 1.84. The highest BCUT2D eigenvalue weighted by Crippen LogP contribution is 2.35. The first kappa shape index (κ1) is 17.7. The number of benzene rings is 1. The van der Waals surface area contributed by atoms with Gasteiger partial charge in [-0.3, -0.25) is 9.59 Å². The first-order chi connectivity index (χ1) is 13.5. The summed E-state index contributed by atoms with van der Waals surface area (Å²) in [6.45, 7) is 0. The second-order valence-corrected chi connectivity index (χ2v) is 6.50. The van der Waals surface area contributed by atoms with Crippen LogP contribution in [0.2, 0.25) is 0 Å². The fourth-order valence-electron chi connectivity index (χ4n) is 3.15. The van der Waals surface area contributed by atoms with E-state index in [4.69, 9.17) is 9.47 Å². The highest BCUT2D eigenvalue weighted by molar-refractivity contribution is 5.95. The molecule has 28 heavy (non-hydrogen) atoms. The second-order valence-electron chi connectivity index (χ2n) is 6.50. The van der Waals surface area contributed by atoms with Crippen molar-refractivity contribution in [2.24, 2.45) is 14.1 Å². The van der Waals surface area contributed by atoms with E-state index in [1.54, 1.807) is 64.1 Å². The minimum atomic E-state index is -0.172. The van der Waals surface area contributed by atoms with Gasteiger partial charge in [0.1, 0.15) is 17.0 Å². The van der Waals surface area contributed by atoms with Crippen LogP contribution < -0.4 is 20.6 Å². The van der Waals surface area contributed by atoms with E-state index in [1.807, 2.05) is 6.07 Å². The SMILES string of the molecule is COc1ccc(Oc2cn(C)c(=O)cc2-c2cn(C)c(=O)c3[nH]ccc23)cc1. The topological polar surface area (TPSA) is 78.2 Å². The van der Waals surface area contributed by atoms with Crippen LogP contribution in [0.3, 0.4) is 0 Å². The molecule has 0 saturated carbocycles. The third kappa shape index (κ3) is 2.96. The lowest BCUT2D eigenvalue weighted by molar-refractivity contribution is 0.412. The van der Waals surface area contributed by atoms with E-state index in [0.29, 0.717) is 22.6 Å². The van der Waals surface area contributed by atoms with Gasteiger partial charge in [0, 0.05) is 49.1 Å². The Morgan fingerprint density at radius 2 is 1.61 bits per heavy atom. The molecule has 4 rings (SSSR count). The van der Waals surface area contributed by atoms with Gasteiger partial charge in [0.05, 0.1) is 13.3 Å². The van der Waals surface area contributed by atoms with Crippen molar-refractivity contribution in [1.82, 2.24) is 14.1 Å². The van der Waals surface area contributed by atoms with E-state index in [1.165, 1.54) is 15.2 Å². The molecule has 0 unspecified atom stereocenters. The van der Waals surface area contributed by atoms with Gasteiger partial charge in [-0.2, -0.15) is 0 Å². The number of ether oxygens (including phenoxy) is 2. The fourth-order valence-corrected chi connectivity index (χ4v) is 3.15. The molecule has 0 spiro atoms. The molecule has 0 aliphatic rings. The Kier molecular flexibility index (Phi) is 4.27. The van der Waals surface area contributed by atoms with Gasteiger partial charge in [-0.25, -0.2) is 0 Å². The van der Waals surface area contributed by atoms with Crippen molar-refractivity contribution in [3.8, 4) is 28.4 Å². The molecule has 1 N–H and O–H groups in total. The molecule has 3 aromatic heterocycles. The van der Waals surface area contributed by atoms with Gasteiger partial charge in [-0.1, -0.05) is 0 Å². The van der Waals surface area contributed by atoms with E-state index < -0.39 is 0 Å². The lowest BCUT2D eigenvalue weighted by Crippen LogP contribution is -2.18. The van der Waals surface area contributed by atoms with Crippen molar-refractivity contribution in [3.05, 3.63) is 75.7 Å². The summed E-state index contributed by atoms with van der Waals surface area (Å²) in [5, 5.41) is 0.732. The Morgan fingerprint density at radius 1 is 0.893 bits per heavy atom. The molecule has 7 heteroatoms. The van der Waals surface area contributed by atoms with E-state index >= 15 is 0 Å². The summed E-state index contributed by atoms with van der Waals surface area (Å²) < 4.78 is 14.2. The van der Waals surface area contributed by atoms with Crippen molar-refractivity contribution < 1.29 is 9.47 Å². The highest BCUT2D eigenvalue weighted by Gasteiger charge is 2.16. The number of aromatic amines is 1. The van der Waals surface area contributed by atoms with Gasteiger partial charge >= 0.3 is 0 Å². The van der Waals surface area contributed by atoms with Gasteiger partial charge in [0.15, 0.2) is 5.75 Å². The number of aryl methyl sites for hydroxylation is 2. The summed E-state index contributed by atoms with van der Waals surface area (Å²) in [7, 11) is 4.94. The number of methoxy groups -OCH3 is 1. The van der Waals surface area contributed by atoms with Gasteiger partial charge in [-0.05, 0) is 30.3 Å². The van der Waals surface area contributed by atoms with Crippen LogP contribution in [0, 0.1) is 0 Å². The van der Waals surface area contributed by atoms with Gasteiger partial charge in [0.25, 0.3) is 11.1 Å². The van der Waals surface area contributed by atoms with E-state index in [0.717, 1.165) is 16.7 Å². The highest BCUT2D eigenvalue weighted by atomic mass is 16.5. The summed E-state index contributed by atoms with van der Waals surface area (Å²) in [5.41, 5.74) is 1.52. The molecule has 0 amide bonds. The molecule has 0 fully saturated rings. The van der Waals surface area contributed by atoms with Crippen molar-refractivity contribution in [3.63, 3.8) is 0 Å². The maximum atomic E-state index is 12.4. The largest absolute Gasteiger partial charge is 0.497 e. The molecule has 7 nitrogen and oxygen atoms in total. The predicted molar refractivity (Wildman–Crippen MR) is 107 cm³/mol. The summed E-state index contributed by atoms with van der Waals surface area (Å²) >= 11 is 0. The van der Waals surface area contributed by atoms with Crippen LogP contribution in [0.4, 0.5) is 0 Å². The Hall–Kier alpha value is -3.74. The van der Waals surface area contributed by atoms with Crippen LogP contribution in [0.5, 0.6) is 17.2 Å². The number of pyridine rings is 2. The number of rotatable bonds is 4. The molecule has 0 atom stereocenters. The van der Waals surface area contributed by atoms with Gasteiger partial charge in [0.2, 0.25) is 0 Å². The molecule has 0 saturated heterocycles. The first-order valence-corrected chi connectivity index (χ1v) is 8.67. The first-order valence-electron chi connectivity index (χ1n) is 8.67. The summed E-state index contributed by atoms with van der Waals surface area (Å²) in [6.07, 6.45) is 5.07. The number of fused-ring (bicyclic) bond motifs is 1. The maximum absolute atomic E-state index is 12.4. The van der Waals surface area contributed by atoms with Crippen molar-refractivity contribution in [2.45, 2.75) is 0 Å². The molecular weight excluding hydrogens is 358 g/mol. The van der Waals surface area contributed by atoms with E-state index in [9.17, 15) is 9.59 Å². The lowest BCUT2D eigenvalue weighted by Gasteiger charge is -2.14. The van der Waals surface area contributed by atoms with Crippen LogP contribution in [0.25, 0.3) is 22.0 Å². The van der Waals surface area contributed by atoms with Crippen LogP contribution in [-0.4, -0.2) is 21.2 Å². The van der Waals surface area contributed by atoms with E-state index in [-0.39, 0.29) is 11.1 Å². The van der Waals surface area contributed by atoms with Crippen molar-refractivity contribution >= 4 is 10.9 Å². The second kappa shape index (κ2) is 6.77. The minimum Gasteiger partial charge on any atom is -0.497 e. The van der Waals surface area contributed by atoms with E-state index in [2.05, 4.69) is 4.98 Å². The molecule has 0 bridgehead atoms. The number of hydrogen-bond donors (Lipinski definition) is 1. The third-order valence-corrected chi connectivity index (χ3v) is 4.66. The van der Waals surface area contributed by atoms with Crippen LogP contribution in [0.15, 0.2) is 64.6 Å². The lowest BCUT2D eigenvalue weighted by atomic mass is 10.0. The van der Waals surface area contributed by atoms with Gasteiger partial charge < -0.3 is 23.6 Å². The Labute approximate surface area is 160 Å². The molecule has 0 aliphatic carbocycles. The maximum Gasteiger partial charge on any atom is 0.274 e. The molecule has 4 aromatic rings. The molecule has 0 aliphatic heterocycles. The standard InChI is InChI=1S/C21H19N3O4/c1-23-12-18(28-14-6-4-13(27-3)5-7-14)16(10-19(23)25)17-11-24(2)21(26)20-15(17)8-9-22-20/h4-12,22H,1-3H3. The zero-order valence-electron chi connectivity index (χ0n) is 15.7. The smallest absolute Gasteiger partial charge is 0.274 e. The van der Waals surface area contributed by atoms with Crippen LogP contribution in [0.1, 0.15) is 0 Å². The average molecular weight is 377 g/mol. The monoisotopic (exact) mass is 377 g/mol. The van der Waals surface area contributed by atoms with Crippen molar-refractivity contribution in [2.75, 3.05) is 7.11 Å². The number of nitrogens with one attached hydrogen (secondary N) is 1. The zero-order chi connectivity index (χ0) is 19.8. The number of hydrogen-bond acceptors (Lipinski definition) is 4. The van der Waals surface area contributed by atoms with Crippen molar-refractivity contribution in [1.29, 1.82) is 0 Å².